The van der Waals surface area contributed by atoms with E-state index in [9.17, 15) is 0 Å². The molecule has 0 aromatic rings. The lowest BCUT2D eigenvalue weighted by molar-refractivity contribution is 0.340. The summed E-state index contributed by atoms with van der Waals surface area (Å²) in [5, 5.41) is 0. The summed E-state index contributed by atoms with van der Waals surface area (Å²) in [5.74, 6) is 0. The van der Waals surface area contributed by atoms with Crippen LogP contribution in [-0.2, 0) is 0 Å². The van der Waals surface area contributed by atoms with E-state index in [1.165, 1.54) is 0 Å². The van der Waals surface area contributed by atoms with Gasteiger partial charge in [0.05, 0.1) is 8.88 Å². The molecule has 0 amide bonds. The summed E-state index contributed by atoms with van der Waals surface area (Å²) >= 11 is 0. The topological polar surface area (TPSA) is 25.3 Å². The maximum Gasteiger partial charge on any atom is 0.172 e. The molecule has 5 nitrogen and oxygen atoms in total. The van der Waals surface area contributed by atoms with Crippen LogP contribution in [0.1, 0.15) is 55.4 Å². The van der Waals surface area contributed by atoms with Gasteiger partial charge in [0.25, 0.3) is 0 Å². The Bertz CT molecular complexity index is 297. The van der Waals surface area contributed by atoms with E-state index >= 15 is 0 Å². The predicted octanol–water partition coefficient (Wildman–Crippen LogP) is 4.81. The molecular weight excluding hydrogens is 324 g/mol. The molecule has 0 aromatic heterocycles. The summed E-state index contributed by atoms with van der Waals surface area (Å²) in [5.41, 5.74) is 0. The first-order valence-electron chi connectivity index (χ1n) is 9.43. The van der Waals surface area contributed by atoms with Gasteiger partial charge in [-0.1, -0.05) is 55.4 Å². The van der Waals surface area contributed by atoms with E-state index in [-0.39, 0.29) is 0 Å². The van der Waals surface area contributed by atoms with Gasteiger partial charge in [0, 0.05) is 52.4 Å². The number of rotatable bonds is 13. The van der Waals surface area contributed by atoms with Gasteiger partial charge < -0.3 is 0 Å². The number of nitrogens with zero attached hydrogens (tertiary/aromatic N) is 5. The van der Waals surface area contributed by atoms with Crippen LogP contribution in [0.3, 0.4) is 0 Å². The zero-order valence-electron chi connectivity index (χ0n) is 16.8. The van der Waals surface area contributed by atoms with Gasteiger partial charge in [0.15, 0.2) is 7.51 Å². The van der Waals surface area contributed by atoms with Gasteiger partial charge in [-0.2, -0.15) is 0 Å². The Morgan fingerprint density at radius 3 is 1.09 bits per heavy atom. The van der Waals surface area contributed by atoms with Gasteiger partial charge in [-0.05, 0) is 0 Å². The quantitative estimate of drug-likeness (QED) is 0.438. The molecule has 0 bridgehead atoms. The van der Waals surface area contributed by atoms with E-state index < -0.39 is 7.51 Å². The minimum Gasteiger partial charge on any atom is -0.267 e. The van der Waals surface area contributed by atoms with Gasteiger partial charge in [0.1, 0.15) is 0 Å². The van der Waals surface area contributed by atoms with Gasteiger partial charge in [0.2, 0.25) is 0 Å². The zero-order chi connectivity index (χ0) is 17.9. The summed E-state index contributed by atoms with van der Waals surface area (Å²) in [6.07, 6.45) is 0. The van der Waals surface area contributed by atoms with E-state index in [1.54, 1.807) is 0 Å². The smallest absolute Gasteiger partial charge is 0.172 e. The van der Waals surface area contributed by atoms with Gasteiger partial charge >= 0.3 is 0 Å². The van der Waals surface area contributed by atoms with Crippen molar-refractivity contribution in [3.8, 4) is 0 Å². The first-order chi connectivity index (χ1) is 11.1. The molecule has 0 N–H and O–H groups in total. The van der Waals surface area contributed by atoms with Crippen LogP contribution in [0.2, 0.25) is 0 Å². The highest BCUT2D eigenvalue weighted by atomic mass is 31.2. The molecule has 1 unspecified atom stereocenters. The molecule has 0 saturated heterocycles. The van der Waals surface area contributed by atoms with Crippen LogP contribution in [-0.4, -0.2) is 71.0 Å². The van der Waals surface area contributed by atoms with Crippen molar-refractivity contribution in [3.63, 3.8) is 0 Å². The van der Waals surface area contributed by atoms with Crippen molar-refractivity contribution in [1.29, 1.82) is 0 Å². The highest BCUT2D eigenvalue weighted by Crippen LogP contribution is 2.61. The third-order valence-corrected chi connectivity index (χ3v) is 10.7. The second-order valence-electron chi connectivity index (χ2n) is 5.33. The second kappa shape index (κ2) is 12.8. The molecule has 0 aliphatic carbocycles. The lowest BCUT2D eigenvalue weighted by Gasteiger charge is -2.48. The monoisotopic (exact) mass is 365 g/mol. The maximum atomic E-state index is 5.47. The predicted molar refractivity (Wildman–Crippen MR) is 109 cm³/mol. The molecule has 0 radical (unpaired) electrons. The van der Waals surface area contributed by atoms with E-state index in [0.29, 0.717) is 8.88 Å². The third kappa shape index (κ3) is 5.76. The Morgan fingerprint density at radius 1 is 0.565 bits per heavy atom. The second-order valence-corrected chi connectivity index (χ2v) is 9.73. The minimum absolute atomic E-state index is 0.554. The van der Waals surface area contributed by atoms with Crippen molar-refractivity contribution in [2.24, 2.45) is 4.52 Å². The molecule has 0 aliphatic rings. The lowest BCUT2D eigenvalue weighted by atomic mass is 10.7. The van der Waals surface area contributed by atoms with E-state index in [1.807, 2.05) is 0 Å². The first kappa shape index (κ1) is 23.5. The molecule has 0 aromatic carbocycles. The normalized spacial score (nSPS) is 13.4. The van der Waals surface area contributed by atoms with Gasteiger partial charge in [-0.15, -0.1) is 0 Å². The fourth-order valence-corrected chi connectivity index (χ4v) is 9.16. The maximum absolute atomic E-state index is 5.47. The van der Waals surface area contributed by atoms with Crippen molar-refractivity contribution in [3.05, 3.63) is 0 Å². The van der Waals surface area contributed by atoms with Crippen molar-refractivity contribution in [2.45, 2.75) is 55.4 Å². The van der Waals surface area contributed by atoms with E-state index in [4.69, 9.17) is 4.52 Å². The van der Waals surface area contributed by atoms with Crippen molar-refractivity contribution in [1.82, 2.24) is 18.7 Å². The minimum atomic E-state index is -1.81. The lowest BCUT2D eigenvalue weighted by Crippen LogP contribution is -2.41. The zero-order valence-corrected chi connectivity index (χ0v) is 18.7. The summed E-state index contributed by atoms with van der Waals surface area (Å²) in [4.78, 5) is 0. The Balaban J connectivity index is 6.16. The van der Waals surface area contributed by atoms with Crippen LogP contribution in [0.5, 0.6) is 0 Å². The van der Waals surface area contributed by atoms with Crippen LogP contribution in [0.15, 0.2) is 4.52 Å². The standard InChI is InChI=1S/C16H41N5P2/c1-9-18(10-2)22-17-23(19(11-3)12-4,20(13-5)14-6)21(15-7)16-8/h22H,9-16H2,1-8H3. The molecular formula is C16H41N5P2. The van der Waals surface area contributed by atoms with E-state index in [0.717, 1.165) is 52.4 Å². The van der Waals surface area contributed by atoms with Crippen molar-refractivity contribution in [2.75, 3.05) is 52.4 Å². The summed E-state index contributed by atoms with van der Waals surface area (Å²) in [6.45, 7) is 26.7. The van der Waals surface area contributed by atoms with Gasteiger partial charge in [-0.25, -0.2) is 18.5 Å². The van der Waals surface area contributed by atoms with Crippen LogP contribution < -0.4 is 0 Å². The molecule has 7 heteroatoms. The molecule has 0 aliphatic heterocycles. The fraction of sp³-hybridized carbons (Fsp3) is 1.00. The molecule has 23 heavy (non-hydrogen) atoms. The highest BCUT2D eigenvalue weighted by Gasteiger charge is 2.36. The SMILES string of the molecule is CCN(CC)PN=P(N(CC)CC)(N(CC)CC)N(CC)CC. The average Bonchev–Trinajstić information content (AvgIpc) is 2.58. The largest absolute Gasteiger partial charge is 0.267 e. The van der Waals surface area contributed by atoms with Crippen LogP contribution in [0, 0.1) is 0 Å². The highest BCUT2D eigenvalue weighted by molar-refractivity contribution is 7.63. The summed E-state index contributed by atoms with van der Waals surface area (Å²) in [7, 11) is -1.26. The van der Waals surface area contributed by atoms with Crippen molar-refractivity contribution < 1.29 is 0 Å². The first-order valence-corrected chi connectivity index (χ1v) is 11.9. The summed E-state index contributed by atoms with van der Waals surface area (Å²) < 4.78 is 15.8. The Morgan fingerprint density at radius 2 is 0.870 bits per heavy atom. The summed E-state index contributed by atoms with van der Waals surface area (Å²) in [6, 6.07) is 0. The van der Waals surface area contributed by atoms with Crippen LogP contribution in [0.4, 0.5) is 0 Å². The molecule has 0 fully saturated rings. The molecule has 1 atom stereocenters. The average molecular weight is 365 g/mol. The van der Waals surface area contributed by atoms with Crippen molar-refractivity contribution >= 4 is 16.4 Å². The Hall–Kier alpha value is 0.500. The third-order valence-electron chi connectivity index (χ3n) is 4.41. The number of hydrogen-bond acceptors (Lipinski definition) is 2. The number of hydrogen-bond donors (Lipinski definition) is 0. The molecule has 0 saturated carbocycles. The Labute approximate surface area is 147 Å². The molecule has 0 heterocycles. The van der Waals surface area contributed by atoms with Gasteiger partial charge in [-0.3, -0.25) is 4.67 Å². The molecule has 140 valence electrons. The molecule has 0 spiro atoms. The van der Waals surface area contributed by atoms with Crippen LogP contribution in [0.25, 0.3) is 0 Å². The Kier molecular flexibility index (Phi) is 13.1. The van der Waals surface area contributed by atoms with E-state index in [2.05, 4.69) is 74.1 Å². The molecule has 0 rings (SSSR count). The van der Waals surface area contributed by atoms with Crippen LogP contribution >= 0.6 is 16.4 Å². The fourth-order valence-electron chi connectivity index (χ4n) is 3.02.